The molecule has 0 fully saturated rings. The van der Waals surface area contributed by atoms with E-state index in [4.69, 9.17) is 19.9 Å². The molecule has 10 heteroatoms. The Morgan fingerprint density at radius 2 is 1.41 bits per heavy atom. The van der Waals surface area contributed by atoms with Crippen molar-refractivity contribution in [1.82, 2.24) is 0 Å². The van der Waals surface area contributed by atoms with Gasteiger partial charge < -0.3 is 10.8 Å². The van der Waals surface area contributed by atoms with Gasteiger partial charge in [0.15, 0.2) is 0 Å². The van der Waals surface area contributed by atoms with Gasteiger partial charge in [-0.3, -0.25) is 9.11 Å². The minimum atomic E-state index is -4.28. The molecule has 120 valence electrons. The lowest BCUT2D eigenvalue weighted by molar-refractivity contribution is 0.443. The zero-order chi connectivity index (χ0) is 17.0. The molecular formula is C12H13NO7S2. The first-order valence-corrected chi connectivity index (χ1v) is 8.48. The summed E-state index contributed by atoms with van der Waals surface area (Å²) < 4.78 is 58.9. The van der Waals surface area contributed by atoms with Crippen LogP contribution in [0.3, 0.4) is 0 Å². The fourth-order valence-corrected chi connectivity index (χ4v) is 2.47. The van der Waals surface area contributed by atoms with E-state index in [1.165, 1.54) is 42.5 Å². The van der Waals surface area contributed by atoms with E-state index in [-0.39, 0.29) is 4.90 Å². The van der Waals surface area contributed by atoms with E-state index < -0.39 is 30.9 Å². The Bertz CT molecular complexity index is 861. The van der Waals surface area contributed by atoms with Gasteiger partial charge in [-0.2, -0.15) is 16.8 Å². The minimum absolute atomic E-state index is 0.183. The summed E-state index contributed by atoms with van der Waals surface area (Å²) >= 11 is 0. The third kappa shape index (κ3) is 5.33. The molecule has 0 spiro atoms. The Morgan fingerprint density at radius 3 is 1.77 bits per heavy atom. The van der Waals surface area contributed by atoms with Gasteiger partial charge in [-0.15, -0.1) is 0 Å². The summed E-state index contributed by atoms with van der Waals surface area (Å²) in [6.45, 7) is 0. The lowest BCUT2D eigenvalue weighted by atomic mass is 10.3. The molecule has 0 aliphatic heterocycles. The molecule has 0 saturated carbocycles. The van der Waals surface area contributed by atoms with Gasteiger partial charge in [-0.05, 0) is 30.3 Å². The molecule has 22 heavy (non-hydrogen) atoms. The monoisotopic (exact) mass is 347 g/mol. The molecule has 8 nitrogen and oxygen atoms in total. The van der Waals surface area contributed by atoms with Crippen LogP contribution >= 0.6 is 0 Å². The van der Waals surface area contributed by atoms with Gasteiger partial charge in [0, 0.05) is 5.69 Å². The summed E-state index contributed by atoms with van der Waals surface area (Å²) in [7, 11) is -8.39. The topological polar surface area (TPSA) is 155 Å². The number of anilines is 1. The van der Waals surface area contributed by atoms with Crippen molar-refractivity contribution in [2.45, 2.75) is 9.79 Å². The summed E-state index contributed by atoms with van der Waals surface area (Å²) in [6.07, 6.45) is 0. The maximum atomic E-state index is 10.5. The van der Waals surface area contributed by atoms with E-state index in [2.05, 4.69) is 0 Å². The molecule has 0 amide bonds. The zero-order valence-electron chi connectivity index (χ0n) is 11.0. The highest BCUT2D eigenvalue weighted by molar-refractivity contribution is 7.86. The first kappa shape index (κ1) is 17.9. The van der Waals surface area contributed by atoms with E-state index in [0.29, 0.717) is 5.69 Å². The largest absolute Gasteiger partial charge is 0.506 e. The second-order valence-electron chi connectivity index (χ2n) is 3.99. The molecule has 0 heterocycles. The molecule has 5 N–H and O–H groups in total. The van der Waals surface area contributed by atoms with Crippen molar-refractivity contribution < 1.29 is 31.0 Å². The fourth-order valence-electron chi connectivity index (χ4n) is 1.35. The lowest BCUT2D eigenvalue weighted by Crippen LogP contribution is -1.98. The van der Waals surface area contributed by atoms with E-state index in [1.807, 2.05) is 0 Å². The average molecular weight is 347 g/mol. The number of benzene rings is 2. The van der Waals surface area contributed by atoms with Gasteiger partial charge in [0.05, 0.1) is 4.90 Å². The van der Waals surface area contributed by atoms with Crippen LogP contribution in [0, 0.1) is 0 Å². The maximum absolute atomic E-state index is 10.5. The van der Waals surface area contributed by atoms with E-state index in [1.54, 1.807) is 0 Å². The van der Waals surface area contributed by atoms with E-state index in [9.17, 15) is 16.8 Å². The number of phenolic OH excluding ortho intramolecular Hbond substituents is 1. The smallest absolute Gasteiger partial charge is 0.298 e. The van der Waals surface area contributed by atoms with Gasteiger partial charge in [0.1, 0.15) is 10.6 Å². The highest BCUT2D eigenvalue weighted by atomic mass is 32.2. The van der Waals surface area contributed by atoms with Gasteiger partial charge in [0.25, 0.3) is 20.2 Å². The predicted molar refractivity (Wildman–Crippen MR) is 78.6 cm³/mol. The molecule has 0 aromatic heterocycles. The third-order valence-corrected chi connectivity index (χ3v) is 4.05. The summed E-state index contributed by atoms with van der Waals surface area (Å²) in [5, 5.41) is 8.91. The van der Waals surface area contributed by atoms with Crippen molar-refractivity contribution in [2.75, 3.05) is 5.73 Å². The quantitative estimate of drug-likeness (QED) is 0.466. The molecule has 0 saturated heterocycles. The number of para-hydroxylation sites is 1. The maximum Gasteiger partial charge on any atom is 0.298 e. The second-order valence-corrected chi connectivity index (χ2v) is 6.80. The normalized spacial score (nSPS) is 11.4. The summed E-state index contributed by atoms with van der Waals surface area (Å²) in [6, 6.07) is 10.6. The minimum Gasteiger partial charge on any atom is -0.506 e. The predicted octanol–water partition coefficient (Wildman–Crippen LogP) is 1.15. The van der Waals surface area contributed by atoms with Crippen LogP contribution in [0.4, 0.5) is 5.69 Å². The van der Waals surface area contributed by atoms with Crippen LogP contribution in [-0.2, 0) is 20.2 Å². The lowest BCUT2D eigenvalue weighted by Gasteiger charge is -1.97. The molecule has 0 unspecified atom stereocenters. The third-order valence-electron chi connectivity index (χ3n) is 2.30. The average Bonchev–Trinajstić information content (AvgIpc) is 2.37. The number of phenols is 1. The number of hydrogen-bond acceptors (Lipinski definition) is 6. The molecule has 2 aromatic carbocycles. The number of nitrogens with two attached hydrogens (primary N) is 1. The highest BCUT2D eigenvalue weighted by Crippen LogP contribution is 2.20. The summed E-state index contributed by atoms with van der Waals surface area (Å²) in [5.74, 6) is -0.449. The van der Waals surface area contributed by atoms with Crippen LogP contribution in [0.2, 0.25) is 0 Å². The van der Waals surface area contributed by atoms with Gasteiger partial charge in [0.2, 0.25) is 0 Å². The molecular weight excluding hydrogens is 334 g/mol. The second kappa shape index (κ2) is 6.75. The number of aromatic hydroxyl groups is 1. The first-order chi connectivity index (χ1) is 10.0. The number of rotatable bonds is 2. The molecule has 2 aromatic rings. The van der Waals surface area contributed by atoms with Crippen molar-refractivity contribution in [3.05, 3.63) is 48.5 Å². The molecule has 0 aliphatic rings. The van der Waals surface area contributed by atoms with E-state index in [0.717, 1.165) is 6.07 Å². The van der Waals surface area contributed by atoms with Crippen molar-refractivity contribution in [2.24, 2.45) is 0 Å². The van der Waals surface area contributed by atoms with Crippen LogP contribution < -0.4 is 5.73 Å². The van der Waals surface area contributed by atoms with Crippen LogP contribution in [0.15, 0.2) is 58.3 Å². The number of hydrogen-bond donors (Lipinski definition) is 4. The Hall–Kier alpha value is -2.14. The van der Waals surface area contributed by atoms with Crippen molar-refractivity contribution in [3.63, 3.8) is 0 Å². The Labute approximate surface area is 127 Å². The zero-order valence-corrected chi connectivity index (χ0v) is 12.6. The van der Waals surface area contributed by atoms with Gasteiger partial charge >= 0.3 is 0 Å². The molecule has 0 radical (unpaired) electrons. The van der Waals surface area contributed by atoms with Crippen molar-refractivity contribution >= 4 is 25.9 Å². The number of nitrogen functional groups attached to an aromatic ring is 1. The van der Waals surface area contributed by atoms with Crippen molar-refractivity contribution in [3.8, 4) is 5.75 Å². The molecule has 0 bridgehead atoms. The van der Waals surface area contributed by atoms with E-state index >= 15 is 0 Å². The Morgan fingerprint density at radius 1 is 0.818 bits per heavy atom. The highest BCUT2D eigenvalue weighted by Gasteiger charge is 2.13. The van der Waals surface area contributed by atoms with Crippen LogP contribution in [0.1, 0.15) is 0 Å². The van der Waals surface area contributed by atoms with Crippen molar-refractivity contribution in [1.29, 1.82) is 0 Å². The Balaban J connectivity index is 0.000000220. The van der Waals surface area contributed by atoms with Crippen LogP contribution in [0.25, 0.3) is 0 Å². The fraction of sp³-hybridized carbons (Fsp3) is 0. The van der Waals surface area contributed by atoms with Gasteiger partial charge in [-0.25, -0.2) is 0 Å². The summed E-state index contributed by atoms with van der Waals surface area (Å²) in [4.78, 5) is -0.655. The van der Waals surface area contributed by atoms with Crippen LogP contribution in [-0.4, -0.2) is 31.0 Å². The summed E-state index contributed by atoms with van der Waals surface area (Å²) in [5.41, 5.74) is 5.59. The standard InChI is InChI=1S/C6H7NO3S.C6H6O4S/c7-5-2-1-3-6(4-5)11(8,9)10;7-5-3-1-2-4-6(5)11(8,9)10/h1-4H,7H2,(H,8,9,10);1-4,7H,(H,8,9,10). The Kier molecular flexibility index (Phi) is 5.49. The first-order valence-electron chi connectivity index (χ1n) is 5.60. The SMILES string of the molecule is Nc1cccc(S(=O)(=O)O)c1.O=S(=O)(O)c1ccccc1O. The molecule has 0 atom stereocenters. The van der Waals surface area contributed by atoms with Crippen LogP contribution in [0.5, 0.6) is 5.75 Å². The molecule has 2 rings (SSSR count). The van der Waals surface area contributed by atoms with Gasteiger partial charge in [-0.1, -0.05) is 18.2 Å². The molecule has 0 aliphatic carbocycles.